The van der Waals surface area contributed by atoms with E-state index in [0.29, 0.717) is 0 Å². The smallest absolute Gasteiger partial charge is 0.134 e. The van der Waals surface area contributed by atoms with E-state index in [-0.39, 0.29) is 0 Å². The molecule has 2 nitrogen and oxygen atoms in total. The molecule has 0 unspecified atom stereocenters. The van der Waals surface area contributed by atoms with Crippen molar-refractivity contribution in [3.05, 3.63) is 36.4 Å². The second-order valence-electron chi connectivity index (χ2n) is 2.66. The van der Waals surface area contributed by atoms with Crippen LogP contribution >= 0.6 is 11.3 Å². The van der Waals surface area contributed by atoms with E-state index in [1.54, 1.807) is 11.3 Å². The molecule has 0 aliphatic rings. The molecule has 13 heavy (non-hydrogen) atoms. The molecule has 0 aliphatic carbocycles. The largest absolute Gasteiger partial charge is 0.366 e. The predicted molar refractivity (Wildman–Crippen MR) is 58.3 cm³/mol. The molecule has 0 aromatic carbocycles. The van der Waals surface area contributed by atoms with Gasteiger partial charge in [-0.2, -0.15) is 0 Å². The Kier molecular flexibility index (Phi) is 2.27. The SMILES string of the molecule is C=CCNc1nccc2sccc12. The lowest BCUT2D eigenvalue weighted by Gasteiger charge is -2.02. The highest BCUT2D eigenvalue weighted by molar-refractivity contribution is 7.17. The number of nitrogens with one attached hydrogen (secondary N) is 1. The summed E-state index contributed by atoms with van der Waals surface area (Å²) in [5, 5.41) is 6.46. The number of hydrogen-bond donors (Lipinski definition) is 1. The van der Waals surface area contributed by atoms with E-state index in [1.165, 1.54) is 10.1 Å². The standard InChI is InChI=1S/C10H10N2S/c1-2-5-11-10-8-4-7-13-9(8)3-6-12-10/h2-4,6-7H,1,5H2,(H,11,12). The van der Waals surface area contributed by atoms with E-state index >= 15 is 0 Å². The molecule has 0 atom stereocenters. The molecule has 66 valence electrons. The number of hydrogen-bond acceptors (Lipinski definition) is 3. The Morgan fingerprint density at radius 2 is 2.46 bits per heavy atom. The number of rotatable bonds is 3. The Hall–Kier alpha value is -1.35. The van der Waals surface area contributed by atoms with Gasteiger partial charge in [-0.15, -0.1) is 17.9 Å². The first-order chi connectivity index (χ1) is 6.42. The summed E-state index contributed by atoms with van der Waals surface area (Å²) in [7, 11) is 0. The Labute approximate surface area is 80.9 Å². The summed E-state index contributed by atoms with van der Waals surface area (Å²) in [6, 6.07) is 4.11. The summed E-state index contributed by atoms with van der Waals surface area (Å²) in [5.41, 5.74) is 0. The summed E-state index contributed by atoms with van der Waals surface area (Å²) in [4.78, 5) is 4.26. The van der Waals surface area contributed by atoms with Gasteiger partial charge in [0.2, 0.25) is 0 Å². The molecule has 0 spiro atoms. The van der Waals surface area contributed by atoms with Crippen LogP contribution in [0.1, 0.15) is 0 Å². The molecule has 1 N–H and O–H groups in total. The molecule has 2 heterocycles. The van der Waals surface area contributed by atoms with Gasteiger partial charge in [0.15, 0.2) is 0 Å². The monoisotopic (exact) mass is 190 g/mol. The van der Waals surface area contributed by atoms with Gasteiger partial charge in [-0.25, -0.2) is 4.98 Å². The second kappa shape index (κ2) is 3.58. The Morgan fingerprint density at radius 1 is 1.54 bits per heavy atom. The number of aromatic nitrogens is 1. The van der Waals surface area contributed by atoms with Crippen LogP contribution in [0.3, 0.4) is 0 Å². The minimum Gasteiger partial charge on any atom is -0.366 e. The maximum Gasteiger partial charge on any atom is 0.134 e. The summed E-state index contributed by atoms with van der Waals surface area (Å²) in [6.45, 7) is 4.41. The van der Waals surface area contributed by atoms with Gasteiger partial charge < -0.3 is 5.32 Å². The van der Waals surface area contributed by atoms with Gasteiger partial charge in [0.25, 0.3) is 0 Å². The van der Waals surface area contributed by atoms with Crippen LogP contribution in [-0.2, 0) is 0 Å². The van der Waals surface area contributed by atoms with Crippen molar-refractivity contribution in [2.45, 2.75) is 0 Å². The summed E-state index contributed by atoms with van der Waals surface area (Å²) >= 11 is 1.73. The van der Waals surface area contributed by atoms with Gasteiger partial charge in [-0.3, -0.25) is 0 Å². The summed E-state index contributed by atoms with van der Waals surface area (Å²) in [5.74, 6) is 0.943. The molecule has 2 aromatic heterocycles. The van der Waals surface area contributed by atoms with Crippen molar-refractivity contribution >= 4 is 27.2 Å². The highest BCUT2D eigenvalue weighted by atomic mass is 32.1. The van der Waals surface area contributed by atoms with Gasteiger partial charge in [0, 0.05) is 22.8 Å². The third-order valence-corrected chi connectivity index (χ3v) is 2.68. The fourth-order valence-electron chi connectivity index (χ4n) is 1.20. The minimum absolute atomic E-state index is 0.752. The van der Waals surface area contributed by atoms with Crippen molar-refractivity contribution in [1.82, 2.24) is 4.98 Å². The maximum absolute atomic E-state index is 4.26. The lowest BCUT2D eigenvalue weighted by atomic mass is 10.3. The number of pyridine rings is 1. The van der Waals surface area contributed by atoms with Gasteiger partial charge in [-0.1, -0.05) is 6.08 Å². The molecule has 0 saturated carbocycles. The molecule has 0 aliphatic heterocycles. The van der Waals surface area contributed by atoms with E-state index < -0.39 is 0 Å². The van der Waals surface area contributed by atoms with Crippen molar-refractivity contribution in [2.75, 3.05) is 11.9 Å². The first kappa shape index (κ1) is 8.26. The first-order valence-corrected chi connectivity index (χ1v) is 4.97. The lowest BCUT2D eigenvalue weighted by Crippen LogP contribution is -1.99. The molecule has 0 amide bonds. The van der Waals surface area contributed by atoms with Crippen molar-refractivity contribution in [3.8, 4) is 0 Å². The molecule has 0 radical (unpaired) electrons. The minimum atomic E-state index is 0.752. The number of anilines is 1. The molecular formula is C10H10N2S. The third kappa shape index (κ3) is 1.55. The van der Waals surface area contributed by atoms with Crippen LogP contribution in [0.15, 0.2) is 36.4 Å². The molecule has 2 rings (SSSR count). The van der Waals surface area contributed by atoms with E-state index in [2.05, 4.69) is 28.3 Å². The fourth-order valence-corrected chi connectivity index (χ4v) is 1.99. The molecular weight excluding hydrogens is 180 g/mol. The molecule has 2 aromatic rings. The van der Waals surface area contributed by atoms with E-state index in [1.807, 2.05) is 18.3 Å². The van der Waals surface area contributed by atoms with Crippen LogP contribution in [0.25, 0.3) is 10.1 Å². The van der Waals surface area contributed by atoms with Crippen LogP contribution in [-0.4, -0.2) is 11.5 Å². The maximum atomic E-state index is 4.26. The van der Waals surface area contributed by atoms with E-state index in [4.69, 9.17) is 0 Å². The summed E-state index contributed by atoms with van der Waals surface area (Å²) < 4.78 is 1.27. The van der Waals surface area contributed by atoms with Gasteiger partial charge in [0.1, 0.15) is 5.82 Å². The average molecular weight is 190 g/mol. The number of nitrogens with zero attached hydrogens (tertiary/aromatic N) is 1. The van der Waals surface area contributed by atoms with Gasteiger partial charge in [0.05, 0.1) is 0 Å². The quantitative estimate of drug-likeness (QED) is 0.753. The number of thiophene rings is 1. The Morgan fingerprint density at radius 3 is 3.31 bits per heavy atom. The molecule has 0 fully saturated rings. The highest BCUT2D eigenvalue weighted by Gasteiger charge is 2.00. The zero-order valence-corrected chi connectivity index (χ0v) is 7.97. The first-order valence-electron chi connectivity index (χ1n) is 4.09. The van der Waals surface area contributed by atoms with Crippen molar-refractivity contribution < 1.29 is 0 Å². The molecule has 3 heteroatoms. The highest BCUT2D eigenvalue weighted by Crippen LogP contribution is 2.25. The predicted octanol–water partition coefficient (Wildman–Crippen LogP) is 2.89. The average Bonchev–Trinajstić information content (AvgIpc) is 2.62. The second-order valence-corrected chi connectivity index (χ2v) is 3.61. The van der Waals surface area contributed by atoms with Crippen molar-refractivity contribution in [2.24, 2.45) is 0 Å². The van der Waals surface area contributed by atoms with Crippen LogP contribution < -0.4 is 5.32 Å². The van der Waals surface area contributed by atoms with Crippen LogP contribution in [0.2, 0.25) is 0 Å². The van der Waals surface area contributed by atoms with E-state index in [0.717, 1.165) is 12.4 Å². The molecule has 0 bridgehead atoms. The molecule has 0 saturated heterocycles. The third-order valence-electron chi connectivity index (χ3n) is 1.79. The van der Waals surface area contributed by atoms with Gasteiger partial charge >= 0.3 is 0 Å². The lowest BCUT2D eigenvalue weighted by molar-refractivity contribution is 1.25. The van der Waals surface area contributed by atoms with Crippen molar-refractivity contribution in [1.29, 1.82) is 0 Å². The normalized spacial score (nSPS) is 10.2. The van der Waals surface area contributed by atoms with Crippen LogP contribution in [0.5, 0.6) is 0 Å². The zero-order valence-electron chi connectivity index (χ0n) is 7.16. The van der Waals surface area contributed by atoms with Gasteiger partial charge in [-0.05, 0) is 17.5 Å². The zero-order chi connectivity index (χ0) is 9.10. The van der Waals surface area contributed by atoms with Crippen LogP contribution in [0, 0.1) is 0 Å². The topological polar surface area (TPSA) is 24.9 Å². The Balaban J connectivity index is 2.42. The summed E-state index contributed by atoms with van der Waals surface area (Å²) in [6.07, 6.45) is 3.65. The van der Waals surface area contributed by atoms with Crippen LogP contribution in [0.4, 0.5) is 5.82 Å². The van der Waals surface area contributed by atoms with Crippen molar-refractivity contribution in [3.63, 3.8) is 0 Å². The Bertz CT molecular complexity index is 420. The van der Waals surface area contributed by atoms with E-state index in [9.17, 15) is 0 Å². The fraction of sp³-hybridized carbons (Fsp3) is 0.100. The number of fused-ring (bicyclic) bond motifs is 1.